The van der Waals surface area contributed by atoms with Crippen molar-refractivity contribution < 1.29 is 4.52 Å². The SMILES string of the molecule is Cn1ccc2cccc(-c3noc(CN)n3)c21. The van der Waals surface area contributed by atoms with E-state index in [4.69, 9.17) is 10.3 Å². The molecule has 3 aromatic rings. The van der Waals surface area contributed by atoms with E-state index in [1.165, 1.54) is 0 Å². The Labute approximate surface area is 97.8 Å². The molecule has 5 nitrogen and oxygen atoms in total. The first-order chi connectivity index (χ1) is 8.29. The van der Waals surface area contributed by atoms with Crippen molar-refractivity contribution in [1.29, 1.82) is 0 Å². The highest BCUT2D eigenvalue weighted by atomic mass is 16.5. The second-order valence-corrected chi connectivity index (χ2v) is 3.89. The molecule has 0 aliphatic heterocycles. The lowest BCUT2D eigenvalue weighted by Gasteiger charge is -2.01. The highest BCUT2D eigenvalue weighted by Crippen LogP contribution is 2.26. The molecule has 1 aromatic carbocycles. The fraction of sp³-hybridized carbons (Fsp3) is 0.167. The molecule has 0 aliphatic rings. The second kappa shape index (κ2) is 3.71. The third kappa shape index (κ3) is 1.52. The number of para-hydroxylation sites is 1. The van der Waals surface area contributed by atoms with Gasteiger partial charge in [0.05, 0.1) is 12.1 Å². The topological polar surface area (TPSA) is 69.9 Å². The lowest BCUT2D eigenvalue weighted by atomic mass is 10.1. The van der Waals surface area contributed by atoms with E-state index < -0.39 is 0 Å². The normalized spacial score (nSPS) is 11.2. The molecule has 2 heterocycles. The van der Waals surface area contributed by atoms with Crippen LogP contribution >= 0.6 is 0 Å². The Hall–Kier alpha value is -2.14. The van der Waals surface area contributed by atoms with Gasteiger partial charge in [-0.25, -0.2) is 0 Å². The van der Waals surface area contributed by atoms with Gasteiger partial charge in [0.15, 0.2) is 0 Å². The van der Waals surface area contributed by atoms with Crippen LogP contribution in [0.15, 0.2) is 35.0 Å². The summed E-state index contributed by atoms with van der Waals surface area (Å²) in [7, 11) is 2.00. The van der Waals surface area contributed by atoms with Crippen LogP contribution in [0.1, 0.15) is 5.89 Å². The van der Waals surface area contributed by atoms with Gasteiger partial charge in [-0.2, -0.15) is 4.98 Å². The van der Waals surface area contributed by atoms with Crippen molar-refractivity contribution in [2.75, 3.05) is 0 Å². The maximum Gasteiger partial charge on any atom is 0.240 e. The van der Waals surface area contributed by atoms with Gasteiger partial charge in [0.1, 0.15) is 0 Å². The molecule has 5 heteroatoms. The van der Waals surface area contributed by atoms with Gasteiger partial charge < -0.3 is 14.8 Å². The average Bonchev–Trinajstić information content (AvgIpc) is 2.96. The molecule has 3 rings (SSSR count). The Balaban J connectivity index is 2.25. The molecule has 0 radical (unpaired) electrons. The third-order valence-corrected chi connectivity index (χ3v) is 2.78. The minimum atomic E-state index is 0.260. The van der Waals surface area contributed by atoms with Crippen LogP contribution in [-0.2, 0) is 13.6 Å². The van der Waals surface area contributed by atoms with Crippen LogP contribution in [0.4, 0.5) is 0 Å². The van der Waals surface area contributed by atoms with E-state index >= 15 is 0 Å². The summed E-state index contributed by atoms with van der Waals surface area (Å²) >= 11 is 0. The molecular formula is C12H12N4O. The lowest BCUT2D eigenvalue weighted by molar-refractivity contribution is 0.380. The first kappa shape index (κ1) is 10.0. The number of aryl methyl sites for hydroxylation is 1. The number of nitrogens with zero attached hydrogens (tertiary/aromatic N) is 3. The zero-order chi connectivity index (χ0) is 11.8. The number of hydrogen-bond donors (Lipinski definition) is 1. The number of aromatic nitrogens is 3. The fourth-order valence-corrected chi connectivity index (χ4v) is 1.98. The van der Waals surface area contributed by atoms with Crippen molar-refractivity contribution in [2.24, 2.45) is 12.8 Å². The molecule has 2 N–H and O–H groups in total. The predicted molar refractivity (Wildman–Crippen MR) is 64.1 cm³/mol. The van der Waals surface area contributed by atoms with E-state index in [0.717, 1.165) is 16.5 Å². The van der Waals surface area contributed by atoms with Gasteiger partial charge in [0, 0.05) is 24.2 Å². The van der Waals surface area contributed by atoms with E-state index in [9.17, 15) is 0 Å². The zero-order valence-corrected chi connectivity index (χ0v) is 9.42. The van der Waals surface area contributed by atoms with Gasteiger partial charge in [-0.15, -0.1) is 0 Å². The summed E-state index contributed by atoms with van der Waals surface area (Å²) in [5.41, 5.74) is 7.51. The van der Waals surface area contributed by atoms with Gasteiger partial charge in [-0.05, 0) is 12.1 Å². The van der Waals surface area contributed by atoms with Crippen molar-refractivity contribution in [3.8, 4) is 11.4 Å². The largest absolute Gasteiger partial charge is 0.350 e. The summed E-state index contributed by atoms with van der Waals surface area (Å²) in [6, 6.07) is 8.08. The molecule has 0 unspecified atom stereocenters. The van der Waals surface area contributed by atoms with E-state index in [0.29, 0.717) is 11.7 Å². The van der Waals surface area contributed by atoms with Crippen LogP contribution in [0.2, 0.25) is 0 Å². The summed E-state index contributed by atoms with van der Waals surface area (Å²) in [6.45, 7) is 0.260. The first-order valence-corrected chi connectivity index (χ1v) is 5.36. The molecule has 0 saturated carbocycles. The quantitative estimate of drug-likeness (QED) is 0.724. The Morgan fingerprint density at radius 2 is 2.24 bits per heavy atom. The highest BCUT2D eigenvalue weighted by molar-refractivity contribution is 5.92. The van der Waals surface area contributed by atoms with Gasteiger partial charge >= 0.3 is 0 Å². The van der Waals surface area contributed by atoms with Gasteiger partial charge in [-0.3, -0.25) is 0 Å². The van der Waals surface area contributed by atoms with E-state index in [2.05, 4.69) is 22.3 Å². The smallest absolute Gasteiger partial charge is 0.240 e. The minimum absolute atomic E-state index is 0.260. The van der Waals surface area contributed by atoms with Crippen LogP contribution in [0.25, 0.3) is 22.3 Å². The summed E-state index contributed by atoms with van der Waals surface area (Å²) in [5, 5.41) is 5.11. The monoisotopic (exact) mass is 228 g/mol. The van der Waals surface area contributed by atoms with Gasteiger partial charge in [0.25, 0.3) is 0 Å². The predicted octanol–water partition coefficient (Wildman–Crippen LogP) is 1.69. The summed E-state index contributed by atoms with van der Waals surface area (Å²) in [4.78, 5) is 4.25. The van der Waals surface area contributed by atoms with E-state index in [-0.39, 0.29) is 6.54 Å². The zero-order valence-electron chi connectivity index (χ0n) is 9.42. The molecule has 17 heavy (non-hydrogen) atoms. The highest BCUT2D eigenvalue weighted by Gasteiger charge is 2.12. The summed E-state index contributed by atoms with van der Waals surface area (Å²) in [6.07, 6.45) is 2.01. The molecule has 0 atom stereocenters. The van der Waals surface area contributed by atoms with Crippen molar-refractivity contribution in [3.63, 3.8) is 0 Å². The molecule has 0 bridgehead atoms. The third-order valence-electron chi connectivity index (χ3n) is 2.78. The number of rotatable bonds is 2. The summed E-state index contributed by atoms with van der Waals surface area (Å²) in [5.74, 6) is 1.03. The second-order valence-electron chi connectivity index (χ2n) is 3.89. The Bertz CT molecular complexity index is 668. The molecule has 0 spiro atoms. The molecule has 0 fully saturated rings. The number of nitrogens with two attached hydrogens (primary N) is 1. The van der Waals surface area contributed by atoms with Crippen molar-refractivity contribution >= 4 is 10.9 Å². The number of fused-ring (bicyclic) bond motifs is 1. The number of benzene rings is 1. The van der Waals surface area contributed by atoms with Crippen molar-refractivity contribution in [1.82, 2.24) is 14.7 Å². The molecule has 0 saturated heterocycles. The standard InChI is InChI=1S/C12H12N4O/c1-16-6-5-8-3-2-4-9(11(8)16)12-14-10(7-13)17-15-12/h2-6H,7,13H2,1H3. The first-order valence-electron chi connectivity index (χ1n) is 5.36. The van der Waals surface area contributed by atoms with Crippen LogP contribution < -0.4 is 5.73 Å². The van der Waals surface area contributed by atoms with Crippen LogP contribution in [-0.4, -0.2) is 14.7 Å². The van der Waals surface area contributed by atoms with E-state index in [1.54, 1.807) is 0 Å². The van der Waals surface area contributed by atoms with Crippen molar-refractivity contribution in [2.45, 2.75) is 6.54 Å². The fourth-order valence-electron chi connectivity index (χ4n) is 1.98. The molecular weight excluding hydrogens is 216 g/mol. The Morgan fingerprint density at radius 3 is 3.00 bits per heavy atom. The molecule has 86 valence electrons. The minimum Gasteiger partial charge on any atom is -0.350 e. The van der Waals surface area contributed by atoms with Crippen LogP contribution in [0, 0.1) is 0 Å². The van der Waals surface area contributed by atoms with Crippen LogP contribution in [0.5, 0.6) is 0 Å². The molecule has 0 amide bonds. The van der Waals surface area contributed by atoms with Crippen LogP contribution in [0.3, 0.4) is 0 Å². The Kier molecular flexibility index (Phi) is 2.19. The number of hydrogen-bond acceptors (Lipinski definition) is 4. The van der Waals surface area contributed by atoms with Crippen molar-refractivity contribution in [3.05, 3.63) is 36.4 Å². The van der Waals surface area contributed by atoms with Gasteiger partial charge in [0.2, 0.25) is 11.7 Å². The Morgan fingerprint density at radius 1 is 1.35 bits per heavy atom. The summed E-state index contributed by atoms with van der Waals surface area (Å²) < 4.78 is 7.08. The van der Waals surface area contributed by atoms with Gasteiger partial charge in [-0.1, -0.05) is 17.3 Å². The maximum atomic E-state index is 5.46. The molecule has 0 aliphatic carbocycles. The molecule has 2 aromatic heterocycles. The average molecular weight is 228 g/mol. The maximum absolute atomic E-state index is 5.46. The lowest BCUT2D eigenvalue weighted by Crippen LogP contribution is -1.96. The van der Waals surface area contributed by atoms with E-state index in [1.807, 2.05) is 29.9 Å².